The monoisotopic (exact) mass is 256 g/mol. The van der Waals surface area contributed by atoms with Crippen LogP contribution >= 0.6 is 0 Å². The van der Waals surface area contributed by atoms with Crippen LogP contribution < -0.4 is 4.74 Å². The van der Waals surface area contributed by atoms with Crippen molar-refractivity contribution in [2.75, 3.05) is 26.7 Å². The van der Waals surface area contributed by atoms with Crippen LogP contribution in [0.25, 0.3) is 10.9 Å². The van der Waals surface area contributed by atoms with Gasteiger partial charge in [-0.15, -0.1) is 0 Å². The number of nitrogens with zero attached hydrogens (tertiary/aromatic N) is 1. The van der Waals surface area contributed by atoms with E-state index in [2.05, 4.69) is 22.0 Å². The van der Waals surface area contributed by atoms with Gasteiger partial charge in [0.15, 0.2) is 0 Å². The minimum atomic E-state index is 0.684. The molecule has 0 radical (unpaired) electrons. The molecule has 0 aliphatic carbocycles. The molecule has 3 nitrogen and oxygen atoms in total. The highest BCUT2D eigenvalue weighted by molar-refractivity contribution is 5.90. The van der Waals surface area contributed by atoms with Crippen LogP contribution in [0.15, 0.2) is 18.2 Å². The second-order valence-electron chi connectivity index (χ2n) is 5.79. The number of fused-ring (bicyclic) bond motifs is 6. The molecule has 1 saturated heterocycles. The highest BCUT2D eigenvalue weighted by Gasteiger charge is 2.29. The highest BCUT2D eigenvalue weighted by Crippen LogP contribution is 2.38. The Bertz CT molecular complexity index is 616. The molecule has 1 aromatic heterocycles. The minimum absolute atomic E-state index is 0.684. The van der Waals surface area contributed by atoms with Crippen molar-refractivity contribution >= 4 is 10.9 Å². The fourth-order valence-corrected chi connectivity index (χ4v) is 3.82. The van der Waals surface area contributed by atoms with Crippen LogP contribution in [0.4, 0.5) is 0 Å². The van der Waals surface area contributed by atoms with Crippen molar-refractivity contribution in [2.45, 2.75) is 25.2 Å². The van der Waals surface area contributed by atoms with Gasteiger partial charge in [-0.3, -0.25) is 0 Å². The van der Waals surface area contributed by atoms with Gasteiger partial charge in [0.05, 0.1) is 12.6 Å². The summed E-state index contributed by atoms with van der Waals surface area (Å²) in [6, 6.07) is 6.38. The van der Waals surface area contributed by atoms with Crippen molar-refractivity contribution in [1.29, 1.82) is 0 Å². The molecule has 2 atom stereocenters. The van der Waals surface area contributed by atoms with E-state index >= 15 is 0 Å². The van der Waals surface area contributed by atoms with Crippen LogP contribution in [0.1, 0.15) is 30.0 Å². The van der Waals surface area contributed by atoms with E-state index in [0.29, 0.717) is 5.92 Å². The zero-order valence-corrected chi connectivity index (χ0v) is 11.4. The Hall–Kier alpha value is -1.48. The van der Waals surface area contributed by atoms with E-state index in [9.17, 15) is 0 Å². The Kier molecular flexibility index (Phi) is 2.55. The van der Waals surface area contributed by atoms with E-state index in [1.165, 1.54) is 61.1 Å². The Balaban J connectivity index is 1.92. The van der Waals surface area contributed by atoms with Gasteiger partial charge in [0.25, 0.3) is 0 Å². The molecule has 2 bridgehead atoms. The summed E-state index contributed by atoms with van der Waals surface area (Å²) in [6.07, 6.45) is 3.81. The number of hydrogen-bond acceptors (Lipinski definition) is 2. The van der Waals surface area contributed by atoms with Gasteiger partial charge < -0.3 is 14.6 Å². The molecule has 3 heteroatoms. The number of aromatic amines is 1. The SMILES string of the molecule is COc1cccc2c3c([nH]c12)C1CCCN(CC3)C1. The van der Waals surface area contributed by atoms with E-state index in [0.717, 1.165) is 5.75 Å². The van der Waals surface area contributed by atoms with Crippen LogP contribution in [0.2, 0.25) is 0 Å². The van der Waals surface area contributed by atoms with Crippen molar-refractivity contribution in [1.82, 2.24) is 9.88 Å². The summed E-state index contributed by atoms with van der Waals surface area (Å²) in [5, 5.41) is 1.36. The van der Waals surface area contributed by atoms with Crippen molar-refractivity contribution in [3.63, 3.8) is 0 Å². The molecule has 2 aliphatic heterocycles. The molecule has 0 saturated carbocycles. The predicted octanol–water partition coefficient (Wildman–Crippen LogP) is 2.91. The van der Waals surface area contributed by atoms with Crippen LogP contribution in [0.5, 0.6) is 5.75 Å². The summed E-state index contributed by atoms with van der Waals surface area (Å²) in [7, 11) is 1.75. The van der Waals surface area contributed by atoms with E-state index in [4.69, 9.17) is 4.74 Å². The number of piperidine rings is 1. The number of para-hydroxylation sites is 1. The first-order valence-corrected chi connectivity index (χ1v) is 7.26. The van der Waals surface area contributed by atoms with Gasteiger partial charge >= 0.3 is 0 Å². The second-order valence-corrected chi connectivity index (χ2v) is 5.79. The minimum Gasteiger partial charge on any atom is -0.495 e. The first-order valence-electron chi connectivity index (χ1n) is 7.26. The maximum Gasteiger partial charge on any atom is 0.142 e. The molecule has 2 aromatic rings. The normalized spacial score (nSPS) is 25.9. The van der Waals surface area contributed by atoms with Gasteiger partial charge in [-0.2, -0.15) is 0 Å². The van der Waals surface area contributed by atoms with E-state index in [1.54, 1.807) is 7.11 Å². The molecule has 1 fully saturated rings. The summed E-state index contributed by atoms with van der Waals surface area (Å²) in [5.41, 5.74) is 4.19. The predicted molar refractivity (Wildman–Crippen MR) is 77.0 cm³/mol. The first-order chi connectivity index (χ1) is 9.36. The molecule has 0 spiro atoms. The molecular weight excluding hydrogens is 236 g/mol. The third-order valence-electron chi connectivity index (χ3n) is 4.75. The van der Waals surface area contributed by atoms with Gasteiger partial charge in [-0.05, 0) is 37.4 Å². The first kappa shape index (κ1) is 11.4. The molecule has 1 N–H and O–H groups in total. The zero-order chi connectivity index (χ0) is 12.8. The molecule has 2 unspecified atom stereocenters. The standard InChI is InChI=1S/C16H20N2O/c1-19-14-6-2-5-12-13-7-9-18-8-3-4-11(10-18)15(13)17-16(12)14/h2,5-6,11,17H,3-4,7-10H2,1H3. The van der Waals surface area contributed by atoms with Crippen LogP contribution in [0, 0.1) is 0 Å². The lowest BCUT2D eigenvalue weighted by atomic mass is 9.93. The third kappa shape index (κ3) is 1.68. The fourth-order valence-electron chi connectivity index (χ4n) is 3.82. The Morgan fingerprint density at radius 2 is 2.26 bits per heavy atom. The van der Waals surface area contributed by atoms with Gasteiger partial charge in [0.1, 0.15) is 5.75 Å². The van der Waals surface area contributed by atoms with Crippen molar-refractivity contribution < 1.29 is 4.74 Å². The number of methoxy groups -OCH3 is 1. The second kappa shape index (κ2) is 4.27. The third-order valence-corrected chi connectivity index (χ3v) is 4.75. The molecule has 0 amide bonds. The smallest absolute Gasteiger partial charge is 0.142 e. The number of H-pyrrole nitrogens is 1. The van der Waals surface area contributed by atoms with E-state index in [-0.39, 0.29) is 0 Å². The lowest BCUT2D eigenvalue weighted by Crippen LogP contribution is -2.33. The van der Waals surface area contributed by atoms with Crippen molar-refractivity contribution in [3.8, 4) is 5.75 Å². The molecule has 1 aromatic carbocycles. The van der Waals surface area contributed by atoms with Crippen LogP contribution in [0.3, 0.4) is 0 Å². The zero-order valence-electron chi connectivity index (χ0n) is 11.4. The number of ether oxygens (including phenoxy) is 1. The molecule has 100 valence electrons. The van der Waals surface area contributed by atoms with Crippen molar-refractivity contribution in [2.24, 2.45) is 0 Å². The summed E-state index contributed by atoms with van der Waals surface area (Å²) < 4.78 is 5.50. The number of hydrogen-bond donors (Lipinski definition) is 1. The summed E-state index contributed by atoms with van der Waals surface area (Å²) in [4.78, 5) is 6.30. The van der Waals surface area contributed by atoms with Gasteiger partial charge in [0, 0.05) is 30.1 Å². The lowest BCUT2D eigenvalue weighted by molar-refractivity contribution is 0.217. The van der Waals surface area contributed by atoms with Gasteiger partial charge in [-0.1, -0.05) is 12.1 Å². The van der Waals surface area contributed by atoms with Gasteiger partial charge in [-0.25, -0.2) is 0 Å². The number of benzene rings is 1. The Labute approximate surface area is 113 Å². The largest absolute Gasteiger partial charge is 0.495 e. The lowest BCUT2D eigenvalue weighted by Gasteiger charge is -2.29. The Morgan fingerprint density at radius 1 is 1.32 bits per heavy atom. The number of nitrogens with one attached hydrogen (secondary N) is 1. The number of rotatable bonds is 1. The molecule has 19 heavy (non-hydrogen) atoms. The maximum absolute atomic E-state index is 5.50. The molecule has 2 aliphatic rings. The average Bonchev–Trinajstić information content (AvgIpc) is 2.78. The Morgan fingerprint density at radius 3 is 3.16 bits per heavy atom. The molecule has 3 heterocycles. The quantitative estimate of drug-likeness (QED) is 0.849. The van der Waals surface area contributed by atoms with Crippen LogP contribution in [-0.4, -0.2) is 36.6 Å². The van der Waals surface area contributed by atoms with Crippen molar-refractivity contribution in [3.05, 3.63) is 29.5 Å². The van der Waals surface area contributed by atoms with E-state index < -0.39 is 0 Å². The highest BCUT2D eigenvalue weighted by atomic mass is 16.5. The summed E-state index contributed by atoms with van der Waals surface area (Å²) in [5.74, 6) is 1.65. The van der Waals surface area contributed by atoms with Crippen LogP contribution in [-0.2, 0) is 6.42 Å². The summed E-state index contributed by atoms with van der Waals surface area (Å²) >= 11 is 0. The topological polar surface area (TPSA) is 28.3 Å². The van der Waals surface area contributed by atoms with Gasteiger partial charge in [0.2, 0.25) is 0 Å². The molecule has 4 rings (SSSR count). The van der Waals surface area contributed by atoms with E-state index in [1.807, 2.05) is 6.07 Å². The average molecular weight is 256 g/mol. The molecular formula is C16H20N2O. The fraction of sp³-hybridized carbons (Fsp3) is 0.500. The maximum atomic E-state index is 5.50. The number of aromatic nitrogens is 1. The summed E-state index contributed by atoms with van der Waals surface area (Å²) in [6.45, 7) is 3.71.